The van der Waals surface area contributed by atoms with Gasteiger partial charge in [0.2, 0.25) is 0 Å². The number of carbonyl (C=O) groups excluding carboxylic acids is 2. The Morgan fingerprint density at radius 1 is 1.29 bits per heavy atom. The van der Waals surface area contributed by atoms with Crippen LogP contribution in [-0.4, -0.2) is 32.2 Å². The zero-order chi connectivity index (χ0) is 12.7. The Morgan fingerprint density at radius 3 is 2.47 bits per heavy atom. The minimum atomic E-state index is -0.849. The van der Waals surface area contributed by atoms with Crippen LogP contribution in [0.15, 0.2) is 24.3 Å². The van der Waals surface area contributed by atoms with E-state index in [1.54, 1.807) is 31.3 Å². The van der Waals surface area contributed by atoms with Gasteiger partial charge < -0.3 is 21.1 Å². The van der Waals surface area contributed by atoms with Gasteiger partial charge in [-0.3, -0.25) is 4.79 Å². The molecule has 1 rings (SSSR count). The first-order valence-electron chi connectivity index (χ1n) is 5.11. The number of hydrogen-bond acceptors (Lipinski definition) is 4. The molecule has 92 valence electrons. The van der Waals surface area contributed by atoms with Crippen molar-refractivity contribution >= 4 is 17.7 Å². The van der Waals surface area contributed by atoms with E-state index in [-0.39, 0.29) is 19.1 Å². The summed E-state index contributed by atoms with van der Waals surface area (Å²) >= 11 is 0. The number of hydrogen-bond donors (Lipinski definition) is 3. The number of nitrogens with two attached hydrogens (primary N) is 1. The van der Waals surface area contributed by atoms with E-state index in [1.807, 2.05) is 0 Å². The Hall–Kier alpha value is -2.24. The Kier molecular flexibility index (Phi) is 4.80. The van der Waals surface area contributed by atoms with Crippen molar-refractivity contribution in [2.24, 2.45) is 5.73 Å². The fourth-order valence-corrected chi connectivity index (χ4v) is 1.21. The predicted octanol–water partition coefficient (Wildman–Crippen LogP) is 0.553. The first-order valence-corrected chi connectivity index (χ1v) is 5.11. The quantitative estimate of drug-likeness (QED) is 0.652. The number of ether oxygens (including phenoxy) is 1. The third-order valence-electron chi connectivity index (χ3n) is 2.07. The SMILES string of the molecule is CNc1ccc(C(=O)NCCOC(N)=O)cc1. The van der Waals surface area contributed by atoms with Gasteiger partial charge in [0, 0.05) is 18.3 Å². The lowest BCUT2D eigenvalue weighted by molar-refractivity contribution is 0.0937. The molecule has 0 heterocycles. The molecule has 0 saturated carbocycles. The molecule has 0 aliphatic carbocycles. The molecule has 0 spiro atoms. The molecule has 0 radical (unpaired) electrons. The molecule has 4 N–H and O–H groups in total. The first-order chi connectivity index (χ1) is 8.13. The molecule has 0 aliphatic heterocycles. The first kappa shape index (κ1) is 12.8. The summed E-state index contributed by atoms with van der Waals surface area (Å²) in [6.45, 7) is 0.297. The van der Waals surface area contributed by atoms with Crippen LogP contribution in [0.2, 0.25) is 0 Å². The average Bonchev–Trinajstić information content (AvgIpc) is 2.34. The summed E-state index contributed by atoms with van der Waals surface area (Å²) in [4.78, 5) is 21.9. The lowest BCUT2D eigenvalue weighted by atomic mass is 10.2. The van der Waals surface area contributed by atoms with Crippen LogP contribution in [0.1, 0.15) is 10.4 Å². The van der Waals surface area contributed by atoms with E-state index in [9.17, 15) is 9.59 Å². The number of benzene rings is 1. The molecule has 0 unspecified atom stereocenters. The van der Waals surface area contributed by atoms with Gasteiger partial charge in [0.1, 0.15) is 6.61 Å². The van der Waals surface area contributed by atoms with E-state index in [0.717, 1.165) is 5.69 Å². The van der Waals surface area contributed by atoms with Gasteiger partial charge in [0.25, 0.3) is 5.91 Å². The van der Waals surface area contributed by atoms with Crippen molar-refractivity contribution in [1.29, 1.82) is 0 Å². The Bertz CT molecular complexity index is 389. The maximum absolute atomic E-state index is 11.6. The number of primary amides is 1. The summed E-state index contributed by atoms with van der Waals surface area (Å²) in [6, 6.07) is 7.01. The minimum absolute atomic E-state index is 0.0652. The number of nitrogens with one attached hydrogen (secondary N) is 2. The van der Waals surface area contributed by atoms with E-state index in [4.69, 9.17) is 5.73 Å². The second kappa shape index (κ2) is 6.37. The van der Waals surface area contributed by atoms with Gasteiger partial charge in [-0.2, -0.15) is 0 Å². The summed E-state index contributed by atoms with van der Waals surface area (Å²) in [7, 11) is 1.80. The molecule has 0 bridgehead atoms. The monoisotopic (exact) mass is 237 g/mol. The highest BCUT2D eigenvalue weighted by atomic mass is 16.5. The van der Waals surface area contributed by atoms with Crippen molar-refractivity contribution in [3.05, 3.63) is 29.8 Å². The van der Waals surface area contributed by atoms with Crippen molar-refractivity contribution in [2.75, 3.05) is 25.5 Å². The molecule has 0 fully saturated rings. The lowest BCUT2D eigenvalue weighted by Crippen LogP contribution is -2.28. The summed E-state index contributed by atoms with van der Waals surface area (Å²) in [5.41, 5.74) is 6.25. The normalized spacial score (nSPS) is 9.47. The van der Waals surface area contributed by atoms with E-state index < -0.39 is 6.09 Å². The number of anilines is 1. The second-order valence-corrected chi connectivity index (χ2v) is 3.25. The van der Waals surface area contributed by atoms with E-state index in [2.05, 4.69) is 15.4 Å². The van der Waals surface area contributed by atoms with Gasteiger partial charge >= 0.3 is 6.09 Å². The van der Waals surface area contributed by atoms with Crippen LogP contribution in [0.25, 0.3) is 0 Å². The molecular weight excluding hydrogens is 222 g/mol. The summed E-state index contributed by atoms with van der Waals surface area (Å²) in [5, 5.41) is 5.55. The highest BCUT2D eigenvalue weighted by Crippen LogP contribution is 2.08. The molecule has 0 saturated heterocycles. The van der Waals surface area contributed by atoms with Gasteiger partial charge in [0.05, 0.1) is 6.54 Å². The van der Waals surface area contributed by atoms with Crippen molar-refractivity contribution in [3.8, 4) is 0 Å². The van der Waals surface area contributed by atoms with Crippen molar-refractivity contribution in [2.45, 2.75) is 0 Å². The van der Waals surface area contributed by atoms with Crippen LogP contribution < -0.4 is 16.4 Å². The third kappa shape index (κ3) is 4.42. The third-order valence-corrected chi connectivity index (χ3v) is 2.07. The second-order valence-electron chi connectivity index (χ2n) is 3.25. The maximum atomic E-state index is 11.6. The van der Waals surface area contributed by atoms with Crippen LogP contribution in [0.3, 0.4) is 0 Å². The predicted molar refractivity (Wildman–Crippen MR) is 63.9 cm³/mol. The fourth-order valence-electron chi connectivity index (χ4n) is 1.21. The minimum Gasteiger partial charge on any atom is -0.448 e. The van der Waals surface area contributed by atoms with Crippen LogP contribution in [0, 0.1) is 0 Å². The molecule has 6 nitrogen and oxygen atoms in total. The lowest BCUT2D eigenvalue weighted by Gasteiger charge is -2.06. The molecule has 1 aromatic carbocycles. The van der Waals surface area contributed by atoms with Gasteiger partial charge in [-0.05, 0) is 24.3 Å². The molecule has 0 aromatic heterocycles. The van der Waals surface area contributed by atoms with Crippen LogP contribution in [-0.2, 0) is 4.74 Å². The highest BCUT2D eigenvalue weighted by Gasteiger charge is 2.04. The Labute approximate surface area is 99.1 Å². The van der Waals surface area contributed by atoms with E-state index in [0.29, 0.717) is 5.56 Å². The highest BCUT2D eigenvalue weighted by molar-refractivity contribution is 5.94. The standard InChI is InChI=1S/C11H15N3O3/c1-13-9-4-2-8(3-5-9)10(15)14-6-7-17-11(12)16/h2-5,13H,6-7H2,1H3,(H2,12,16)(H,14,15). The van der Waals surface area contributed by atoms with Gasteiger partial charge in [0.15, 0.2) is 0 Å². The summed E-state index contributed by atoms with van der Waals surface area (Å²) in [5.74, 6) is -0.222. The summed E-state index contributed by atoms with van der Waals surface area (Å²) < 4.78 is 4.48. The smallest absolute Gasteiger partial charge is 0.404 e. The number of rotatable bonds is 5. The molecule has 0 atom stereocenters. The molecular formula is C11H15N3O3. The fraction of sp³-hybridized carbons (Fsp3) is 0.273. The van der Waals surface area contributed by atoms with Gasteiger partial charge in [-0.15, -0.1) is 0 Å². The number of carbonyl (C=O) groups is 2. The molecule has 0 aliphatic rings. The number of amides is 2. The zero-order valence-electron chi connectivity index (χ0n) is 9.53. The topological polar surface area (TPSA) is 93.4 Å². The largest absolute Gasteiger partial charge is 0.448 e. The average molecular weight is 237 g/mol. The van der Waals surface area contributed by atoms with Gasteiger partial charge in [-0.1, -0.05) is 0 Å². The van der Waals surface area contributed by atoms with Gasteiger partial charge in [-0.25, -0.2) is 4.79 Å². The van der Waals surface area contributed by atoms with Crippen molar-refractivity contribution < 1.29 is 14.3 Å². The van der Waals surface area contributed by atoms with E-state index >= 15 is 0 Å². The molecule has 6 heteroatoms. The Balaban J connectivity index is 2.38. The maximum Gasteiger partial charge on any atom is 0.404 e. The van der Waals surface area contributed by atoms with Crippen LogP contribution in [0.4, 0.5) is 10.5 Å². The molecule has 17 heavy (non-hydrogen) atoms. The molecule has 2 amide bonds. The van der Waals surface area contributed by atoms with Crippen LogP contribution in [0.5, 0.6) is 0 Å². The summed E-state index contributed by atoms with van der Waals surface area (Å²) in [6.07, 6.45) is -0.849. The van der Waals surface area contributed by atoms with E-state index in [1.165, 1.54) is 0 Å². The van der Waals surface area contributed by atoms with Crippen LogP contribution >= 0.6 is 0 Å². The van der Waals surface area contributed by atoms with Crippen molar-refractivity contribution in [1.82, 2.24) is 5.32 Å². The van der Waals surface area contributed by atoms with Crippen molar-refractivity contribution in [3.63, 3.8) is 0 Å². The molecule has 1 aromatic rings. The Morgan fingerprint density at radius 2 is 1.94 bits per heavy atom. The zero-order valence-corrected chi connectivity index (χ0v) is 9.53.